The number of hydrogen-bond acceptors (Lipinski definition) is 3. The van der Waals surface area contributed by atoms with Crippen LogP contribution in [0.2, 0.25) is 0 Å². The summed E-state index contributed by atoms with van der Waals surface area (Å²) in [6, 6.07) is 16.8. The lowest BCUT2D eigenvalue weighted by Crippen LogP contribution is -2.34. The highest BCUT2D eigenvalue weighted by atomic mass is 16.5. The van der Waals surface area contributed by atoms with E-state index in [0.717, 1.165) is 5.56 Å². The number of rotatable bonds is 3. The molecule has 2 atom stereocenters. The molecule has 1 aliphatic rings. The van der Waals surface area contributed by atoms with Gasteiger partial charge < -0.3 is 15.0 Å². The van der Waals surface area contributed by atoms with Gasteiger partial charge >= 0.3 is 0 Å². The largest absolute Gasteiger partial charge is 0.349 e. The van der Waals surface area contributed by atoms with Crippen molar-refractivity contribution in [3.63, 3.8) is 0 Å². The first-order chi connectivity index (χ1) is 11.5. The molecular formula is C19H20N2O3. The summed E-state index contributed by atoms with van der Waals surface area (Å²) in [5.74, 6) is -0.211. The SMILES string of the molecule is CC(=O)Nc1ccc(C(=O)N2CC(c3ccccc3)OC2C)cc1. The molecule has 0 aromatic heterocycles. The normalized spacial score (nSPS) is 20.0. The topological polar surface area (TPSA) is 58.6 Å². The van der Waals surface area contributed by atoms with E-state index >= 15 is 0 Å². The second-order valence-corrected chi connectivity index (χ2v) is 5.85. The second-order valence-electron chi connectivity index (χ2n) is 5.85. The van der Waals surface area contributed by atoms with E-state index in [1.165, 1.54) is 6.92 Å². The number of nitrogens with one attached hydrogen (secondary N) is 1. The zero-order chi connectivity index (χ0) is 17.1. The van der Waals surface area contributed by atoms with Crippen LogP contribution in [0.4, 0.5) is 5.69 Å². The molecule has 0 aliphatic carbocycles. The summed E-state index contributed by atoms with van der Waals surface area (Å²) in [6.45, 7) is 3.86. The van der Waals surface area contributed by atoms with Crippen LogP contribution in [-0.4, -0.2) is 29.5 Å². The maximum Gasteiger partial charge on any atom is 0.255 e. The minimum absolute atomic E-state index is 0.0738. The van der Waals surface area contributed by atoms with E-state index in [2.05, 4.69) is 5.32 Å². The van der Waals surface area contributed by atoms with Gasteiger partial charge in [0, 0.05) is 18.2 Å². The molecule has 1 aliphatic heterocycles. The Morgan fingerprint density at radius 2 is 1.75 bits per heavy atom. The number of hydrogen-bond donors (Lipinski definition) is 1. The van der Waals surface area contributed by atoms with Gasteiger partial charge in [-0.15, -0.1) is 0 Å². The number of benzene rings is 2. The molecule has 2 aromatic rings. The molecule has 0 spiro atoms. The predicted octanol–water partition coefficient (Wildman–Crippen LogP) is 3.20. The lowest BCUT2D eigenvalue weighted by molar-refractivity contribution is -0.114. The Morgan fingerprint density at radius 3 is 2.38 bits per heavy atom. The Bertz CT molecular complexity index is 728. The average Bonchev–Trinajstić information content (AvgIpc) is 2.97. The predicted molar refractivity (Wildman–Crippen MR) is 91.5 cm³/mol. The lowest BCUT2D eigenvalue weighted by atomic mass is 10.1. The van der Waals surface area contributed by atoms with Gasteiger partial charge in [-0.25, -0.2) is 0 Å². The smallest absolute Gasteiger partial charge is 0.255 e. The Labute approximate surface area is 141 Å². The monoisotopic (exact) mass is 324 g/mol. The fraction of sp³-hybridized carbons (Fsp3) is 0.263. The molecule has 2 aromatic carbocycles. The third-order valence-corrected chi connectivity index (χ3v) is 4.05. The van der Waals surface area contributed by atoms with Crippen molar-refractivity contribution in [3.05, 3.63) is 65.7 Å². The molecule has 1 saturated heterocycles. The van der Waals surface area contributed by atoms with Crippen LogP contribution in [0.15, 0.2) is 54.6 Å². The van der Waals surface area contributed by atoms with Gasteiger partial charge in [0.15, 0.2) is 0 Å². The summed E-state index contributed by atoms with van der Waals surface area (Å²) in [7, 11) is 0. The van der Waals surface area contributed by atoms with Crippen molar-refractivity contribution < 1.29 is 14.3 Å². The van der Waals surface area contributed by atoms with Gasteiger partial charge in [0.05, 0.1) is 6.54 Å². The van der Waals surface area contributed by atoms with E-state index in [-0.39, 0.29) is 24.1 Å². The number of anilines is 1. The van der Waals surface area contributed by atoms with Gasteiger partial charge in [0.1, 0.15) is 12.3 Å². The number of ether oxygens (including phenoxy) is 1. The van der Waals surface area contributed by atoms with Gasteiger partial charge in [-0.05, 0) is 36.8 Å². The molecule has 2 amide bonds. The van der Waals surface area contributed by atoms with Crippen molar-refractivity contribution in [2.24, 2.45) is 0 Å². The van der Waals surface area contributed by atoms with Gasteiger partial charge in [-0.2, -0.15) is 0 Å². The maximum atomic E-state index is 12.7. The van der Waals surface area contributed by atoms with Gasteiger partial charge in [0.2, 0.25) is 5.91 Å². The van der Waals surface area contributed by atoms with Gasteiger partial charge in [-0.1, -0.05) is 30.3 Å². The molecule has 1 N–H and O–H groups in total. The molecule has 2 unspecified atom stereocenters. The molecule has 0 radical (unpaired) electrons. The van der Waals surface area contributed by atoms with Gasteiger partial charge in [-0.3, -0.25) is 9.59 Å². The van der Waals surface area contributed by atoms with Crippen LogP contribution >= 0.6 is 0 Å². The van der Waals surface area contributed by atoms with E-state index in [0.29, 0.717) is 17.8 Å². The summed E-state index contributed by atoms with van der Waals surface area (Å²) in [4.78, 5) is 25.5. The van der Waals surface area contributed by atoms with E-state index < -0.39 is 0 Å². The Kier molecular flexibility index (Phi) is 4.62. The zero-order valence-electron chi connectivity index (χ0n) is 13.7. The first-order valence-electron chi connectivity index (χ1n) is 7.93. The van der Waals surface area contributed by atoms with Crippen LogP contribution in [0, 0.1) is 0 Å². The molecule has 1 fully saturated rings. The number of carbonyl (C=O) groups excluding carboxylic acids is 2. The summed E-state index contributed by atoms with van der Waals surface area (Å²) in [5.41, 5.74) is 2.32. The summed E-state index contributed by atoms with van der Waals surface area (Å²) >= 11 is 0. The van der Waals surface area contributed by atoms with Crippen LogP contribution in [0.25, 0.3) is 0 Å². The molecule has 5 heteroatoms. The van der Waals surface area contributed by atoms with Crippen LogP contribution in [0.1, 0.15) is 35.9 Å². The maximum absolute atomic E-state index is 12.7. The average molecular weight is 324 g/mol. The molecule has 24 heavy (non-hydrogen) atoms. The van der Waals surface area contributed by atoms with Crippen molar-refractivity contribution in [3.8, 4) is 0 Å². The third-order valence-electron chi connectivity index (χ3n) is 4.05. The minimum atomic E-state index is -0.280. The second kappa shape index (κ2) is 6.84. The number of nitrogens with zero attached hydrogens (tertiary/aromatic N) is 1. The van der Waals surface area contributed by atoms with Gasteiger partial charge in [0.25, 0.3) is 5.91 Å². The van der Waals surface area contributed by atoms with Crippen molar-refractivity contribution >= 4 is 17.5 Å². The lowest BCUT2D eigenvalue weighted by Gasteiger charge is -2.19. The fourth-order valence-corrected chi connectivity index (χ4v) is 2.85. The third kappa shape index (κ3) is 3.46. The molecule has 0 saturated carbocycles. The number of amides is 2. The molecule has 5 nitrogen and oxygen atoms in total. The van der Waals surface area contributed by atoms with E-state index in [9.17, 15) is 9.59 Å². The highest BCUT2D eigenvalue weighted by molar-refractivity contribution is 5.95. The van der Waals surface area contributed by atoms with Crippen LogP contribution in [-0.2, 0) is 9.53 Å². The highest BCUT2D eigenvalue weighted by Crippen LogP contribution is 2.29. The summed E-state index contributed by atoms with van der Waals surface area (Å²) in [5, 5.41) is 2.69. The first kappa shape index (κ1) is 16.2. The van der Waals surface area contributed by atoms with E-state index in [1.54, 1.807) is 29.2 Å². The zero-order valence-corrected chi connectivity index (χ0v) is 13.7. The molecule has 3 rings (SSSR count). The van der Waals surface area contributed by atoms with Crippen LogP contribution in [0.3, 0.4) is 0 Å². The van der Waals surface area contributed by atoms with Crippen molar-refractivity contribution in [1.29, 1.82) is 0 Å². The van der Waals surface area contributed by atoms with Crippen molar-refractivity contribution in [2.45, 2.75) is 26.2 Å². The quantitative estimate of drug-likeness (QED) is 0.943. The molecule has 0 bridgehead atoms. The van der Waals surface area contributed by atoms with E-state index in [4.69, 9.17) is 4.74 Å². The highest BCUT2D eigenvalue weighted by Gasteiger charge is 2.34. The minimum Gasteiger partial charge on any atom is -0.349 e. The molecule has 124 valence electrons. The van der Waals surface area contributed by atoms with Crippen LogP contribution < -0.4 is 5.32 Å². The summed E-state index contributed by atoms with van der Waals surface area (Å²) < 4.78 is 5.93. The Morgan fingerprint density at radius 1 is 1.08 bits per heavy atom. The standard InChI is InChI=1S/C19H20N2O3/c1-13(22)20-17-10-8-16(9-11-17)19(23)21-12-18(24-14(21)2)15-6-4-3-5-7-15/h3-11,14,18H,12H2,1-2H3,(H,20,22). The van der Waals surface area contributed by atoms with Crippen molar-refractivity contribution in [1.82, 2.24) is 4.90 Å². The summed E-state index contributed by atoms with van der Waals surface area (Å²) in [6.07, 6.45) is -0.387. The Hall–Kier alpha value is -2.66. The first-order valence-corrected chi connectivity index (χ1v) is 7.93. The van der Waals surface area contributed by atoms with Crippen molar-refractivity contribution in [2.75, 3.05) is 11.9 Å². The molecular weight excluding hydrogens is 304 g/mol. The Balaban J connectivity index is 1.72. The molecule has 1 heterocycles. The van der Waals surface area contributed by atoms with E-state index in [1.807, 2.05) is 37.3 Å². The van der Waals surface area contributed by atoms with Crippen LogP contribution in [0.5, 0.6) is 0 Å². The number of carbonyl (C=O) groups is 2. The fourth-order valence-electron chi connectivity index (χ4n) is 2.85.